The molecule has 1 aromatic rings. The van der Waals surface area contributed by atoms with Gasteiger partial charge in [0.2, 0.25) is 5.78 Å². The highest BCUT2D eigenvalue weighted by Gasteiger charge is 2.35. The average Bonchev–Trinajstić information content (AvgIpc) is 2.15. The number of carbonyl (C=O) groups is 1. The number of hydrogen-bond acceptors (Lipinski definition) is 3. The molecule has 15 heavy (non-hydrogen) atoms. The molecule has 0 spiro atoms. The van der Waals surface area contributed by atoms with Crippen molar-refractivity contribution in [2.75, 3.05) is 0 Å². The van der Waals surface area contributed by atoms with Crippen LogP contribution in [0.4, 0.5) is 14.5 Å². The summed E-state index contributed by atoms with van der Waals surface area (Å²) in [5, 5.41) is 10.2. The van der Waals surface area contributed by atoms with Crippen LogP contribution in [-0.4, -0.2) is 14.6 Å². The Labute approximate surface area is 96.6 Å². The van der Waals surface area contributed by atoms with Gasteiger partial charge in [0.05, 0.1) is 4.92 Å². The zero-order chi connectivity index (χ0) is 11.6. The van der Waals surface area contributed by atoms with Gasteiger partial charge in [0.1, 0.15) is 0 Å². The molecule has 0 unspecified atom stereocenters. The van der Waals surface area contributed by atoms with Crippen molar-refractivity contribution in [2.45, 2.75) is 3.93 Å². The van der Waals surface area contributed by atoms with Crippen LogP contribution in [0, 0.1) is 10.1 Å². The lowest BCUT2D eigenvalue weighted by Crippen LogP contribution is -2.20. The van der Waals surface area contributed by atoms with Crippen molar-refractivity contribution in [3.05, 3.63) is 39.9 Å². The minimum Gasteiger partial charge on any atom is -0.286 e. The number of hydrogen-bond donors (Lipinski definition) is 0. The first-order chi connectivity index (χ1) is 6.82. The number of nitro benzene ring substituents is 1. The third kappa shape index (κ3) is 2.91. The second-order valence-corrected chi connectivity index (χ2v) is 3.99. The van der Waals surface area contributed by atoms with Gasteiger partial charge >= 0.3 is 3.93 Å². The van der Waals surface area contributed by atoms with E-state index in [4.69, 9.17) is 0 Å². The first-order valence-electron chi connectivity index (χ1n) is 3.68. The number of nitro groups is 1. The Balaban J connectivity index is 3.00. The van der Waals surface area contributed by atoms with E-state index >= 15 is 0 Å². The van der Waals surface area contributed by atoms with Crippen molar-refractivity contribution in [3.63, 3.8) is 0 Å². The Kier molecular flexibility index (Phi) is 3.32. The molecule has 4 nitrogen and oxygen atoms in total. The molecule has 0 fully saturated rings. The summed E-state index contributed by atoms with van der Waals surface area (Å²) in [6.45, 7) is 0. The Morgan fingerprint density at radius 1 is 1.33 bits per heavy atom. The van der Waals surface area contributed by atoms with Crippen LogP contribution < -0.4 is 0 Å². The first kappa shape index (κ1) is 12.0. The van der Waals surface area contributed by atoms with Crippen LogP contribution in [0.3, 0.4) is 0 Å². The van der Waals surface area contributed by atoms with Gasteiger partial charge in [-0.2, -0.15) is 8.78 Å². The summed E-state index contributed by atoms with van der Waals surface area (Å²) in [4.78, 5) is 20.6. The Hall–Kier alpha value is -1.12. The van der Waals surface area contributed by atoms with Crippen LogP contribution in [-0.2, 0) is 0 Å². The fraction of sp³-hybridized carbons (Fsp3) is 0.125. The maximum Gasteiger partial charge on any atom is 0.357 e. The smallest absolute Gasteiger partial charge is 0.286 e. The van der Waals surface area contributed by atoms with Gasteiger partial charge in [0.15, 0.2) is 0 Å². The van der Waals surface area contributed by atoms with E-state index in [0.717, 1.165) is 24.3 Å². The largest absolute Gasteiger partial charge is 0.357 e. The number of non-ortho nitro benzene ring substituents is 1. The van der Waals surface area contributed by atoms with Crippen molar-refractivity contribution < 1.29 is 18.5 Å². The molecule has 0 bridgehead atoms. The van der Waals surface area contributed by atoms with Crippen molar-refractivity contribution in [1.82, 2.24) is 0 Å². The summed E-state index contributed by atoms with van der Waals surface area (Å²) in [6, 6.07) is 4.03. The maximum atomic E-state index is 12.6. The lowest BCUT2D eigenvalue weighted by molar-refractivity contribution is -0.384. The number of halogens is 3. The number of rotatable bonds is 3. The highest BCUT2D eigenvalue weighted by atomic mass is 127. The van der Waals surface area contributed by atoms with Gasteiger partial charge in [-0.05, 0) is 12.1 Å². The predicted octanol–water partition coefficient (Wildman–Crippen LogP) is 2.81. The summed E-state index contributed by atoms with van der Waals surface area (Å²) in [5.41, 5.74) is -0.497. The third-order valence-corrected chi connectivity index (χ3v) is 2.09. The van der Waals surface area contributed by atoms with E-state index in [9.17, 15) is 23.7 Å². The molecule has 1 rings (SSSR count). The highest BCUT2D eigenvalue weighted by Crippen LogP contribution is 2.27. The molecular weight excluding hydrogens is 323 g/mol. The quantitative estimate of drug-likeness (QED) is 0.282. The van der Waals surface area contributed by atoms with Gasteiger partial charge in [-0.3, -0.25) is 14.9 Å². The number of ketones is 1. The molecular formula is C8H4F2INO3. The molecule has 0 aliphatic carbocycles. The molecule has 0 aliphatic rings. The van der Waals surface area contributed by atoms with Crippen LogP contribution in [0.1, 0.15) is 10.4 Å². The zero-order valence-electron chi connectivity index (χ0n) is 7.12. The van der Waals surface area contributed by atoms with Crippen LogP contribution in [0.15, 0.2) is 24.3 Å². The van der Waals surface area contributed by atoms with Gasteiger partial charge in [0.25, 0.3) is 5.69 Å². The minimum atomic E-state index is -3.49. The monoisotopic (exact) mass is 327 g/mol. The first-order valence-corrected chi connectivity index (χ1v) is 4.76. The molecule has 0 aliphatic heterocycles. The fourth-order valence-corrected chi connectivity index (χ4v) is 1.21. The van der Waals surface area contributed by atoms with Crippen molar-refractivity contribution >= 4 is 34.1 Å². The Morgan fingerprint density at radius 3 is 2.13 bits per heavy atom. The minimum absolute atomic E-state index is 0.247. The topological polar surface area (TPSA) is 60.2 Å². The zero-order valence-corrected chi connectivity index (χ0v) is 9.27. The summed E-state index contributed by atoms with van der Waals surface area (Å²) in [7, 11) is 0. The maximum absolute atomic E-state index is 12.6. The van der Waals surface area contributed by atoms with Crippen LogP contribution >= 0.6 is 22.6 Å². The summed E-state index contributed by atoms with van der Waals surface area (Å²) in [6.07, 6.45) is 0. The lowest BCUT2D eigenvalue weighted by Gasteiger charge is -2.06. The summed E-state index contributed by atoms with van der Waals surface area (Å²) >= 11 is 0.711. The molecule has 0 saturated carbocycles. The molecule has 0 N–H and O–H groups in total. The van der Waals surface area contributed by atoms with E-state index in [0.29, 0.717) is 22.6 Å². The van der Waals surface area contributed by atoms with E-state index in [1.807, 2.05) is 0 Å². The summed E-state index contributed by atoms with van der Waals surface area (Å²) in [5.74, 6) is -1.36. The number of benzene rings is 1. The predicted molar refractivity (Wildman–Crippen MR) is 56.4 cm³/mol. The van der Waals surface area contributed by atoms with Gasteiger partial charge in [-0.15, -0.1) is 0 Å². The third-order valence-electron chi connectivity index (χ3n) is 1.60. The molecule has 0 radical (unpaired) electrons. The van der Waals surface area contributed by atoms with Crippen molar-refractivity contribution in [3.8, 4) is 0 Å². The average molecular weight is 327 g/mol. The van der Waals surface area contributed by atoms with Gasteiger partial charge in [-0.25, -0.2) is 0 Å². The highest BCUT2D eigenvalue weighted by molar-refractivity contribution is 14.1. The number of carbonyl (C=O) groups excluding carboxylic acids is 1. The Bertz CT molecular complexity index is 399. The van der Waals surface area contributed by atoms with E-state index in [2.05, 4.69) is 0 Å². The molecule has 0 aromatic heterocycles. The number of Topliss-reactive ketones (excluding diaryl/α,β-unsaturated/α-hetero) is 1. The fourth-order valence-electron chi connectivity index (χ4n) is 0.898. The number of nitrogens with zero attached hydrogens (tertiary/aromatic N) is 1. The van der Waals surface area contributed by atoms with Gasteiger partial charge < -0.3 is 0 Å². The van der Waals surface area contributed by atoms with Crippen LogP contribution in [0.2, 0.25) is 0 Å². The SMILES string of the molecule is O=C(c1ccc([N+](=O)[O-])cc1)C(F)(F)I. The summed E-state index contributed by atoms with van der Waals surface area (Å²) < 4.78 is 21.6. The normalized spacial score (nSPS) is 11.1. The molecule has 0 atom stereocenters. The van der Waals surface area contributed by atoms with Crippen molar-refractivity contribution in [2.24, 2.45) is 0 Å². The van der Waals surface area contributed by atoms with Gasteiger partial charge in [-0.1, -0.05) is 0 Å². The molecule has 0 amide bonds. The van der Waals surface area contributed by atoms with E-state index in [1.54, 1.807) is 0 Å². The lowest BCUT2D eigenvalue weighted by atomic mass is 10.1. The molecule has 7 heteroatoms. The second kappa shape index (κ2) is 4.17. The van der Waals surface area contributed by atoms with Gasteiger partial charge in [0, 0.05) is 40.3 Å². The van der Waals surface area contributed by atoms with E-state index in [-0.39, 0.29) is 11.3 Å². The Morgan fingerprint density at radius 2 is 1.80 bits per heavy atom. The van der Waals surface area contributed by atoms with Crippen molar-refractivity contribution in [1.29, 1.82) is 0 Å². The standard InChI is InChI=1S/C8H4F2INO3/c9-8(10,11)7(13)5-1-3-6(4-2-5)12(14)15/h1-4H. The van der Waals surface area contributed by atoms with E-state index in [1.165, 1.54) is 0 Å². The molecule has 1 aromatic carbocycles. The van der Waals surface area contributed by atoms with Crippen LogP contribution in [0.5, 0.6) is 0 Å². The van der Waals surface area contributed by atoms with E-state index < -0.39 is 14.6 Å². The molecule has 0 heterocycles. The molecule has 80 valence electrons. The number of alkyl halides is 3. The molecule has 0 saturated heterocycles. The van der Waals surface area contributed by atoms with Crippen LogP contribution in [0.25, 0.3) is 0 Å². The second-order valence-electron chi connectivity index (χ2n) is 2.63.